The summed E-state index contributed by atoms with van der Waals surface area (Å²) in [4.78, 5) is 25.2. The summed E-state index contributed by atoms with van der Waals surface area (Å²) in [6.45, 7) is 5.67. The van der Waals surface area contributed by atoms with Gasteiger partial charge in [-0.15, -0.1) is 0 Å². The molecule has 0 atom stereocenters. The number of primary amides is 1. The molecule has 1 rings (SSSR count). The van der Waals surface area contributed by atoms with Gasteiger partial charge in [0.1, 0.15) is 0 Å². The molecule has 0 unspecified atom stereocenters. The molecule has 5 heteroatoms. The van der Waals surface area contributed by atoms with Crippen LogP contribution in [0.25, 0.3) is 0 Å². The highest BCUT2D eigenvalue weighted by Gasteiger charge is 2.22. The summed E-state index contributed by atoms with van der Waals surface area (Å²) in [5.41, 5.74) is 12.6. The zero-order chi connectivity index (χ0) is 16.0. The van der Waals surface area contributed by atoms with Gasteiger partial charge >= 0.3 is 0 Å². The summed E-state index contributed by atoms with van der Waals surface area (Å²) < 4.78 is 0. The van der Waals surface area contributed by atoms with Gasteiger partial charge < -0.3 is 16.4 Å². The highest BCUT2D eigenvalue weighted by atomic mass is 16.2. The molecule has 0 aliphatic rings. The fourth-order valence-corrected chi connectivity index (χ4v) is 1.96. The van der Waals surface area contributed by atoms with Gasteiger partial charge in [0.25, 0.3) is 5.91 Å². The molecular formula is C16H21N3O2. The van der Waals surface area contributed by atoms with E-state index in [4.69, 9.17) is 11.5 Å². The van der Waals surface area contributed by atoms with Crippen LogP contribution in [0.3, 0.4) is 0 Å². The first kappa shape index (κ1) is 16.7. The number of nitrogens with zero attached hydrogens (tertiary/aromatic N) is 1. The Morgan fingerprint density at radius 2 is 2.00 bits per heavy atom. The van der Waals surface area contributed by atoms with Crippen molar-refractivity contribution in [1.82, 2.24) is 4.90 Å². The molecule has 0 radical (unpaired) electrons. The third-order valence-corrected chi connectivity index (χ3v) is 3.10. The van der Waals surface area contributed by atoms with Crippen molar-refractivity contribution in [2.45, 2.75) is 26.8 Å². The van der Waals surface area contributed by atoms with Gasteiger partial charge in [0, 0.05) is 17.2 Å². The van der Waals surface area contributed by atoms with Crippen LogP contribution in [0.15, 0.2) is 18.2 Å². The second-order valence-corrected chi connectivity index (χ2v) is 4.98. The van der Waals surface area contributed by atoms with Crippen molar-refractivity contribution in [3.05, 3.63) is 34.9 Å². The van der Waals surface area contributed by atoms with E-state index in [1.54, 1.807) is 12.1 Å². The maximum absolute atomic E-state index is 12.6. The van der Waals surface area contributed by atoms with E-state index in [9.17, 15) is 9.59 Å². The zero-order valence-corrected chi connectivity index (χ0v) is 12.6. The Morgan fingerprint density at radius 3 is 2.52 bits per heavy atom. The van der Waals surface area contributed by atoms with Crippen LogP contribution in [0.5, 0.6) is 0 Å². The van der Waals surface area contributed by atoms with Gasteiger partial charge in [-0.3, -0.25) is 9.59 Å². The van der Waals surface area contributed by atoms with Crippen molar-refractivity contribution in [3.8, 4) is 11.8 Å². The first-order valence-electron chi connectivity index (χ1n) is 6.76. The van der Waals surface area contributed by atoms with Gasteiger partial charge in [0.2, 0.25) is 5.91 Å². The lowest BCUT2D eigenvalue weighted by molar-refractivity contribution is -0.119. The Hall–Kier alpha value is -2.32. The van der Waals surface area contributed by atoms with E-state index >= 15 is 0 Å². The molecule has 21 heavy (non-hydrogen) atoms. The number of hydrogen-bond acceptors (Lipinski definition) is 3. The zero-order valence-electron chi connectivity index (χ0n) is 12.6. The second kappa shape index (κ2) is 7.46. The van der Waals surface area contributed by atoms with Gasteiger partial charge in [-0.25, -0.2) is 0 Å². The smallest absolute Gasteiger partial charge is 0.254 e. The molecule has 0 bridgehead atoms. The molecule has 0 spiro atoms. The van der Waals surface area contributed by atoms with Crippen molar-refractivity contribution >= 4 is 11.8 Å². The third-order valence-electron chi connectivity index (χ3n) is 3.10. The first-order chi connectivity index (χ1) is 9.88. The summed E-state index contributed by atoms with van der Waals surface area (Å²) in [7, 11) is 0. The Kier molecular flexibility index (Phi) is 5.94. The molecule has 0 aromatic heterocycles. The summed E-state index contributed by atoms with van der Waals surface area (Å²) >= 11 is 0. The van der Waals surface area contributed by atoms with E-state index in [0.717, 1.165) is 11.1 Å². The summed E-state index contributed by atoms with van der Waals surface area (Å²) in [6.07, 6.45) is 0. The van der Waals surface area contributed by atoms with Crippen LogP contribution in [-0.4, -0.2) is 35.8 Å². The average Bonchev–Trinajstić information content (AvgIpc) is 2.42. The molecule has 1 aromatic carbocycles. The van der Waals surface area contributed by atoms with E-state index in [0.29, 0.717) is 5.56 Å². The molecule has 0 fully saturated rings. The molecule has 0 heterocycles. The molecule has 2 amide bonds. The molecule has 112 valence electrons. The van der Waals surface area contributed by atoms with E-state index in [-0.39, 0.29) is 25.0 Å². The highest BCUT2D eigenvalue weighted by Crippen LogP contribution is 2.16. The van der Waals surface area contributed by atoms with Crippen LogP contribution in [0.1, 0.15) is 35.3 Å². The first-order valence-corrected chi connectivity index (χ1v) is 6.76. The number of carbonyl (C=O) groups excluding carboxylic acids is 2. The SMILES string of the molecule is Cc1c(C#CCN)cccc1C(=O)N(CC(N)=O)C(C)C. The van der Waals surface area contributed by atoms with Crippen molar-refractivity contribution in [2.24, 2.45) is 11.5 Å². The maximum Gasteiger partial charge on any atom is 0.254 e. The number of amides is 2. The van der Waals surface area contributed by atoms with Crippen LogP contribution in [-0.2, 0) is 4.79 Å². The minimum atomic E-state index is -0.534. The van der Waals surface area contributed by atoms with Gasteiger partial charge in [0.15, 0.2) is 0 Å². The van der Waals surface area contributed by atoms with Gasteiger partial charge in [0.05, 0.1) is 13.1 Å². The quantitative estimate of drug-likeness (QED) is 0.796. The summed E-state index contributed by atoms with van der Waals surface area (Å²) in [5, 5.41) is 0. The standard InChI is InChI=1S/C16H21N3O2/c1-11(2)19(10-15(18)20)16(21)14-8-4-6-13(12(14)3)7-5-9-17/h4,6,8,11H,9-10,17H2,1-3H3,(H2,18,20). The van der Waals surface area contributed by atoms with E-state index < -0.39 is 5.91 Å². The van der Waals surface area contributed by atoms with Crippen molar-refractivity contribution in [3.63, 3.8) is 0 Å². The number of carbonyl (C=O) groups is 2. The van der Waals surface area contributed by atoms with E-state index in [2.05, 4.69) is 11.8 Å². The lowest BCUT2D eigenvalue weighted by Crippen LogP contribution is -2.43. The molecule has 0 aliphatic carbocycles. The number of benzene rings is 1. The highest BCUT2D eigenvalue weighted by molar-refractivity contribution is 5.98. The van der Waals surface area contributed by atoms with Crippen LogP contribution in [0.4, 0.5) is 0 Å². The lowest BCUT2D eigenvalue weighted by Gasteiger charge is -2.26. The van der Waals surface area contributed by atoms with Crippen molar-refractivity contribution < 1.29 is 9.59 Å². The molecule has 4 N–H and O–H groups in total. The Labute approximate surface area is 125 Å². The Bertz CT molecular complexity index is 597. The summed E-state index contributed by atoms with van der Waals surface area (Å²) in [6, 6.07) is 5.21. The van der Waals surface area contributed by atoms with Gasteiger partial charge in [-0.1, -0.05) is 17.9 Å². The molecule has 0 aliphatic heterocycles. The fourth-order valence-electron chi connectivity index (χ4n) is 1.96. The molecular weight excluding hydrogens is 266 g/mol. The molecule has 5 nitrogen and oxygen atoms in total. The van der Waals surface area contributed by atoms with Crippen LogP contribution >= 0.6 is 0 Å². The number of hydrogen-bond donors (Lipinski definition) is 2. The van der Waals surface area contributed by atoms with E-state index in [1.165, 1.54) is 4.90 Å². The predicted octanol–water partition coefficient (Wildman–Crippen LogP) is 0.641. The topological polar surface area (TPSA) is 89.4 Å². The number of rotatable bonds is 4. The molecule has 0 saturated heterocycles. The maximum atomic E-state index is 12.6. The molecule has 0 saturated carbocycles. The Morgan fingerprint density at radius 1 is 1.33 bits per heavy atom. The average molecular weight is 287 g/mol. The lowest BCUT2D eigenvalue weighted by atomic mass is 10.0. The monoisotopic (exact) mass is 287 g/mol. The van der Waals surface area contributed by atoms with Gasteiger partial charge in [-0.05, 0) is 38.5 Å². The van der Waals surface area contributed by atoms with E-state index in [1.807, 2.05) is 26.8 Å². The predicted molar refractivity (Wildman–Crippen MR) is 82.5 cm³/mol. The van der Waals surface area contributed by atoms with Crippen molar-refractivity contribution in [2.75, 3.05) is 13.1 Å². The van der Waals surface area contributed by atoms with Crippen molar-refractivity contribution in [1.29, 1.82) is 0 Å². The van der Waals surface area contributed by atoms with Crippen LogP contribution < -0.4 is 11.5 Å². The van der Waals surface area contributed by atoms with Gasteiger partial charge in [-0.2, -0.15) is 0 Å². The minimum Gasteiger partial charge on any atom is -0.368 e. The third kappa shape index (κ3) is 4.33. The normalized spacial score (nSPS) is 9.95. The largest absolute Gasteiger partial charge is 0.368 e. The number of nitrogens with two attached hydrogens (primary N) is 2. The minimum absolute atomic E-state index is 0.103. The fraction of sp³-hybridized carbons (Fsp3) is 0.375. The molecule has 1 aromatic rings. The summed E-state index contributed by atoms with van der Waals surface area (Å²) in [5.74, 6) is 4.96. The second-order valence-electron chi connectivity index (χ2n) is 4.98. The van der Waals surface area contributed by atoms with Crippen LogP contribution in [0.2, 0.25) is 0 Å². The Balaban J connectivity index is 3.19. The van der Waals surface area contributed by atoms with Crippen LogP contribution in [0, 0.1) is 18.8 Å².